The monoisotopic (exact) mass is 277 g/mol. The minimum Gasteiger partial charge on any atom is -0.493 e. The zero-order valence-corrected chi connectivity index (χ0v) is 12.3. The Morgan fingerprint density at radius 2 is 2.25 bits per heavy atom. The Morgan fingerprint density at radius 1 is 1.50 bits per heavy atom. The Bertz CT molecular complexity index is 484. The first-order chi connectivity index (χ1) is 9.39. The fourth-order valence-corrected chi connectivity index (χ4v) is 2.38. The van der Waals surface area contributed by atoms with Crippen molar-refractivity contribution in [3.05, 3.63) is 29.8 Å². The molecular weight excluding hydrogens is 254 g/mol. The predicted molar refractivity (Wildman–Crippen MR) is 77.6 cm³/mol. The molecule has 0 aliphatic heterocycles. The maximum absolute atomic E-state index is 11.8. The SMILES string of the molecule is Cc1cccc(OCCC(=O)NC2CC(O)C2(C)C)c1. The zero-order valence-electron chi connectivity index (χ0n) is 12.3. The maximum Gasteiger partial charge on any atom is 0.223 e. The second kappa shape index (κ2) is 5.83. The van der Waals surface area contributed by atoms with Crippen LogP contribution in [-0.2, 0) is 4.79 Å². The van der Waals surface area contributed by atoms with Gasteiger partial charge in [-0.15, -0.1) is 0 Å². The molecule has 0 aromatic heterocycles. The lowest BCUT2D eigenvalue weighted by Crippen LogP contribution is -2.61. The first-order valence-corrected chi connectivity index (χ1v) is 7.06. The van der Waals surface area contributed by atoms with Gasteiger partial charge in [0.05, 0.1) is 19.1 Å². The molecule has 0 spiro atoms. The molecule has 20 heavy (non-hydrogen) atoms. The van der Waals surface area contributed by atoms with Crippen LogP contribution >= 0.6 is 0 Å². The summed E-state index contributed by atoms with van der Waals surface area (Å²) in [5.41, 5.74) is 0.907. The molecule has 0 heterocycles. The molecule has 0 radical (unpaired) electrons. The van der Waals surface area contributed by atoms with Crippen LogP contribution < -0.4 is 10.1 Å². The molecule has 1 amide bonds. The zero-order chi connectivity index (χ0) is 14.8. The molecule has 1 aromatic rings. The van der Waals surface area contributed by atoms with E-state index in [0.29, 0.717) is 19.4 Å². The number of hydrogen-bond donors (Lipinski definition) is 2. The highest BCUT2D eigenvalue weighted by Crippen LogP contribution is 2.40. The van der Waals surface area contributed by atoms with Crippen molar-refractivity contribution in [2.75, 3.05) is 6.61 Å². The van der Waals surface area contributed by atoms with E-state index in [1.54, 1.807) is 0 Å². The third-order valence-corrected chi connectivity index (χ3v) is 4.14. The van der Waals surface area contributed by atoms with Gasteiger partial charge in [-0.25, -0.2) is 0 Å². The minimum absolute atomic E-state index is 0.0253. The molecule has 1 aromatic carbocycles. The van der Waals surface area contributed by atoms with E-state index in [-0.39, 0.29) is 23.5 Å². The van der Waals surface area contributed by atoms with E-state index in [1.165, 1.54) is 0 Å². The molecule has 4 heteroatoms. The lowest BCUT2D eigenvalue weighted by Gasteiger charge is -2.49. The van der Waals surface area contributed by atoms with Crippen molar-refractivity contribution in [1.82, 2.24) is 5.32 Å². The molecule has 2 N–H and O–H groups in total. The number of carbonyl (C=O) groups excluding carboxylic acids is 1. The summed E-state index contributed by atoms with van der Waals surface area (Å²) in [4.78, 5) is 11.8. The van der Waals surface area contributed by atoms with Gasteiger partial charge in [0.15, 0.2) is 0 Å². The summed E-state index contributed by atoms with van der Waals surface area (Å²) >= 11 is 0. The van der Waals surface area contributed by atoms with Crippen LogP contribution in [0.5, 0.6) is 5.75 Å². The Balaban J connectivity index is 1.71. The van der Waals surface area contributed by atoms with E-state index in [0.717, 1.165) is 11.3 Å². The first-order valence-electron chi connectivity index (χ1n) is 7.06. The Hall–Kier alpha value is -1.55. The summed E-state index contributed by atoms with van der Waals surface area (Å²) in [6, 6.07) is 7.83. The van der Waals surface area contributed by atoms with Crippen molar-refractivity contribution in [2.24, 2.45) is 5.41 Å². The van der Waals surface area contributed by atoms with Gasteiger partial charge in [-0.3, -0.25) is 4.79 Å². The van der Waals surface area contributed by atoms with Crippen LogP contribution in [0.15, 0.2) is 24.3 Å². The molecule has 0 saturated heterocycles. The second-order valence-corrected chi connectivity index (χ2v) is 6.11. The van der Waals surface area contributed by atoms with Gasteiger partial charge in [0.1, 0.15) is 5.75 Å². The van der Waals surface area contributed by atoms with Crippen LogP contribution in [0.2, 0.25) is 0 Å². The lowest BCUT2D eigenvalue weighted by atomic mass is 9.64. The van der Waals surface area contributed by atoms with Gasteiger partial charge >= 0.3 is 0 Å². The molecular formula is C16H23NO3. The number of aliphatic hydroxyl groups is 1. The van der Waals surface area contributed by atoms with Gasteiger partial charge in [-0.2, -0.15) is 0 Å². The Morgan fingerprint density at radius 3 is 2.85 bits per heavy atom. The summed E-state index contributed by atoms with van der Waals surface area (Å²) in [5.74, 6) is 0.764. The number of ether oxygens (including phenoxy) is 1. The van der Waals surface area contributed by atoms with Crippen LogP contribution in [-0.4, -0.2) is 29.8 Å². The van der Waals surface area contributed by atoms with Crippen molar-refractivity contribution in [1.29, 1.82) is 0 Å². The highest BCUT2D eigenvalue weighted by molar-refractivity contribution is 5.76. The number of aryl methyl sites for hydroxylation is 1. The molecule has 4 nitrogen and oxygen atoms in total. The number of amides is 1. The fraction of sp³-hybridized carbons (Fsp3) is 0.562. The normalized spacial score (nSPS) is 23.8. The van der Waals surface area contributed by atoms with Crippen molar-refractivity contribution < 1.29 is 14.6 Å². The summed E-state index contributed by atoms with van der Waals surface area (Å²) in [7, 11) is 0. The molecule has 1 aliphatic carbocycles. The molecule has 110 valence electrons. The third-order valence-electron chi connectivity index (χ3n) is 4.14. The van der Waals surface area contributed by atoms with E-state index >= 15 is 0 Å². The van der Waals surface area contributed by atoms with Gasteiger partial charge < -0.3 is 15.2 Å². The van der Waals surface area contributed by atoms with Gasteiger partial charge in [-0.1, -0.05) is 26.0 Å². The van der Waals surface area contributed by atoms with Gasteiger partial charge in [-0.05, 0) is 31.0 Å². The van der Waals surface area contributed by atoms with E-state index in [1.807, 2.05) is 45.0 Å². The summed E-state index contributed by atoms with van der Waals surface area (Å²) in [5, 5.41) is 12.6. The van der Waals surface area contributed by atoms with E-state index in [9.17, 15) is 9.90 Å². The average molecular weight is 277 g/mol. The Labute approximate surface area is 120 Å². The maximum atomic E-state index is 11.8. The minimum atomic E-state index is -0.323. The first kappa shape index (κ1) is 14.9. The van der Waals surface area contributed by atoms with Crippen LogP contribution in [0.4, 0.5) is 0 Å². The second-order valence-electron chi connectivity index (χ2n) is 6.11. The summed E-state index contributed by atoms with van der Waals surface area (Å²) in [6.45, 7) is 6.30. The fourth-order valence-electron chi connectivity index (χ4n) is 2.38. The van der Waals surface area contributed by atoms with E-state index in [4.69, 9.17) is 4.74 Å². The third kappa shape index (κ3) is 3.31. The molecule has 0 bridgehead atoms. The van der Waals surface area contributed by atoms with Crippen molar-refractivity contribution in [3.8, 4) is 5.75 Å². The molecule has 1 aliphatic rings. The van der Waals surface area contributed by atoms with Gasteiger partial charge in [0.2, 0.25) is 5.91 Å². The predicted octanol–water partition coefficient (Wildman–Crippen LogP) is 2.04. The topological polar surface area (TPSA) is 58.6 Å². The number of carbonyl (C=O) groups is 1. The van der Waals surface area contributed by atoms with Gasteiger partial charge in [0, 0.05) is 11.5 Å². The van der Waals surface area contributed by atoms with E-state index < -0.39 is 0 Å². The van der Waals surface area contributed by atoms with Crippen LogP contribution in [0.25, 0.3) is 0 Å². The van der Waals surface area contributed by atoms with Crippen molar-refractivity contribution >= 4 is 5.91 Å². The highest BCUT2D eigenvalue weighted by Gasteiger charge is 2.47. The van der Waals surface area contributed by atoms with E-state index in [2.05, 4.69) is 5.32 Å². The number of nitrogens with one attached hydrogen (secondary N) is 1. The lowest BCUT2D eigenvalue weighted by molar-refractivity contribution is -0.129. The number of rotatable bonds is 5. The summed E-state index contributed by atoms with van der Waals surface area (Å²) in [6.07, 6.45) is 0.644. The molecule has 1 saturated carbocycles. The van der Waals surface area contributed by atoms with Crippen LogP contribution in [0.1, 0.15) is 32.3 Å². The average Bonchev–Trinajstić information content (AvgIpc) is 2.38. The van der Waals surface area contributed by atoms with Crippen molar-refractivity contribution in [2.45, 2.75) is 45.8 Å². The number of aliphatic hydroxyl groups excluding tert-OH is 1. The quantitative estimate of drug-likeness (QED) is 0.866. The van der Waals surface area contributed by atoms with Crippen LogP contribution in [0.3, 0.4) is 0 Å². The van der Waals surface area contributed by atoms with Gasteiger partial charge in [0.25, 0.3) is 0 Å². The molecule has 2 unspecified atom stereocenters. The molecule has 2 atom stereocenters. The number of hydrogen-bond acceptors (Lipinski definition) is 3. The smallest absolute Gasteiger partial charge is 0.223 e. The molecule has 1 fully saturated rings. The molecule has 2 rings (SSSR count). The van der Waals surface area contributed by atoms with Crippen molar-refractivity contribution in [3.63, 3.8) is 0 Å². The number of benzene rings is 1. The Kier molecular flexibility index (Phi) is 4.33. The largest absolute Gasteiger partial charge is 0.493 e. The summed E-state index contributed by atoms with van der Waals surface area (Å²) < 4.78 is 5.55. The highest BCUT2D eigenvalue weighted by atomic mass is 16.5. The standard InChI is InChI=1S/C16H23NO3/c1-11-5-4-6-12(9-11)20-8-7-15(19)17-13-10-14(18)16(13,2)3/h4-6,9,13-14,18H,7-8,10H2,1-3H3,(H,17,19). The van der Waals surface area contributed by atoms with Crippen LogP contribution in [0, 0.1) is 12.3 Å².